The number of nitro groups is 1. The van der Waals surface area contributed by atoms with Gasteiger partial charge < -0.3 is 10.4 Å². The molecule has 0 aromatic heterocycles. The number of nitrogens with one attached hydrogen (secondary N) is 1. The van der Waals surface area contributed by atoms with Crippen molar-refractivity contribution >= 4 is 18.1 Å². The normalized spacial score (nSPS) is 11.5. The molecule has 0 fully saturated rings. The van der Waals surface area contributed by atoms with E-state index in [2.05, 4.69) is 5.32 Å². The molecule has 0 aliphatic rings. The highest BCUT2D eigenvalue weighted by atomic mass is 35.5. The second-order valence-electron chi connectivity index (χ2n) is 4.48. The molecule has 2 N–H and O–H groups in total. The van der Waals surface area contributed by atoms with Crippen molar-refractivity contribution in [3.8, 4) is 0 Å². The van der Waals surface area contributed by atoms with Gasteiger partial charge in [0.15, 0.2) is 0 Å². The summed E-state index contributed by atoms with van der Waals surface area (Å²) in [7, 11) is 0. The first-order valence-electron chi connectivity index (χ1n) is 6.34. The van der Waals surface area contributed by atoms with E-state index in [1.807, 2.05) is 30.3 Å². The number of halogens is 1. The van der Waals surface area contributed by atoms with Gasteiger partial charge in [0, 0.05) is 25.2 Å². The van der Waals surface area contributed by atoms with Gasteiger partial charge in [0.1, 0.15) is 0 Å². The molecule has 1 unspecified atom stereocenters. The van der Waals surface area contributed by atoms with Crippen molar-refractivity contribution in [1.82, 2.24) is 5.32 Å². The summed E-state index contributed by atoms with van der Waals surface area (Å²) in [6, 6.07) is 15.9. The first-order chi connectivity index (χ1) is 9.66. The molecule has 0 heterocycles. The highest BCUT2D eigenvalue weighted by molar-refractivity contribution is 5.85. The van der Waals surface area contributed by atoms with E-state index in [9.17, 15) is 15.2 Å². The summed E-state index contributed by atoms with van der Waals surface area (Å²) in [5.74, 6) is 0. The SMILES string of the molecule is Cl.O=[N+]([O-])c1cccc(C(O)CNCc2ccccc2)c1. The lowest BCUT2D eigenvalue weighted by atomic mass is 10.1. The lowest BCUT2D eigenvalue weighted by Gasteiger charge is -2.12. The predicted octanol–water partition coefficient (Wildman–Crippen LogP) is 2.84. The highest BCUT2D eigenvalue weighted by Crippen LogP contribution is 2.18. The molecule has 0 saturated carbocycles. The molecule has 0 aliphatic carbocycles. The first-order valence-corrected chi connectivity index (χ1v) is 6.34. The van der Waals surface area contributed by atoms with Gasteiger partial charge in [-0.15, -0.1) is 12.4 Å². The average Bonchev–Trinajstić information content (AvgIpc) is 2.48. The Morgan fingerprint density at radius 3 is 2.52 bits per heavy atom. The quantitative estimate of drug-likeness (QED) is 0.635. The van der Waals surface area contributed by atoms with Crippen molar-refractivity contribution in [2.24, 2.45) is 0 Å². The van der Waals surface area contributed by atoms with Gasteiger partial charge in [0.2, 0.25) is 0 Å². The van der Waals surface area contributed by atoms with Crippen molar-refractivity contribution in [2.75, 3.05) is 6.54 Å². The van der Waals surface area contributed by atoms with Crippen LogP contribution in [0.1, 0.15) is 17.2 Å². The zero-order chi connectivity index (χ0) is 14.4. The topological polar surface area (TPSA) is 75.4 Å². The Morgan fingerprint density at radius 2 is 1.86 bits per heavy atom. The fraction of sp³-hybridized carbons (Fsp3) is 0.200. The molecule has 0 amide bonds. The average molecular weight is 309 g/mol. The predicted molar refractivity (Wildman–Crippen MR) is 83.5 cm³/mol. The lowest BCUT2D eigenvalue weighted by Crippen LogP contribution is -2.21. The summed E-state index contributed by atoms with van der Waals surface area (Å²) in [5, 5.41) is 23.8. The third-order valence-corrected chi connectivity index (χ3v) is 2.98. The van der Waals surface area contributed by atoms with Gasteiger partial charge in [-0.3, -0.25) is 10.1 Å². The molecule has 0 radical (unpaired) electrons. The van der Waals surface area contributed by atoms with Crippen LogP contribution in [0.25, 0.3) is 0 Å². The van der Waals surface area contributed by atoms with Crippen molar-refractivity contribution in [2.45, 2.75) is 12.6 Å². The van der Waals surface area contributed by atoms with Gasteiger partial charge in [0.25, 0.3) is 5.69 Å². The largest absolute Gasteiger partial charge is 0.387 e. The molecule has 0 spiro atoms. The maximum Gasteiger partial charge on any atom is 0.269 e. The van der Waals surface area contributed by atoms with Crippen LogP contribution >= 0.6 is 12.4 Å². The van der Waals surface area contributed by atoms with Crippen LogP contribution in [-0.2, 0) is 6.54 Å². The van der Waals surface area contributed by atoms with Crippen LogP contribution in [0.2, 0.25) is 0 Å². The molecule has 5 nitrogen and oxygen atoms in total. The monoisotopic (exact) mass is 308 g/mol. The molecule has 6 heteroatoms. The van der Waals surface area contributed by atoms with Crippen LogP contribution in [-0.4, -0.2) is 16.6 Å². The third-order valence-electron chi connectivity index (χ3n) is 2.98. The van der Waals surface area contributed by atoms with Gasteiger partial charge in [-0.2, -0.15) is 0 Å². The van der Waals surface area contributed by atoms with Gasteiger partial charge in [-0.05, 0) is 11.1 Å². The number of aliphatic hydroxyl groups excluding tert-OH is 1. The second kappa shape index (κ2) is 8.36. The van der Waals surface area contributed by atoms with E-state index in [4.69, 9.17) is 0 Å². The van der Waals surface area contributed by atoms with E-state index < -0.39 is 11.0 Å². The van der Waals surface area contributed by atoms with Crippen LogP contribution in [0.5, 0.6) is 0 Å². The molecule has 2 aromatic rings. The first kappa shape index (κ1) is 17.1. The maximum absolute atomic E-state index is 10.7. The number of rotatable bonds is 6. The van der Waals surface area contributed by atoms with Crippen LogP contribution in [0, 0.1) is 10.1 Å². The summed E-state index contributed by atoms with van der Waals surface area (Å²) in [6.45, 7) is 0.989. The third kappa shape index (κ3) is 5.15. The summed E-state index contributed by atoms with van der Waals surface area (Å²) >= 11 is 0. The van der Waals surface area contributed by atoms with E-state index >= 15 is 0 Å². The van der Waals surface area contributed by atoms with Gasteiger partial charge >= 0.3 is 0 Å². The number of hydrogen-bond acceptors (Lipinski definition) is 4. The summed E-state index contributed by atoms with van der Waals surface area (Å²) < 4.78 is 0. The molecule has 2 rings (SSSR count). The Kier molecular flexibility index (Phi) is 6.81. The Bertz CT molecular complexity index is 578. The van der Waals surface area contributed by atoms with Gasteiger partial charge in [-0.25, -0.2) is 0 Å². The van der Waals surface area contributed by atoms with E-state index in [-0.39, 0.29) is 18.1 Å². The van der Waals surface area contributed by atoms with E-state index in [1.165, 1.54) is 12.1 Å². The van der Waals surface area contributed by atoms with Crippen molar-refractivity contribution in [3.05, 3.63) is 75.8 Å². The number of hydrogen-bond donors (Lipinski definition) is 2. The smallest absolute Gasteiger partial charge is 0.269 e. The van der Waals surface area contributed by atoms with E-state index in [1.54, 1.807) is 12.1 Å². The molecule has 112 valence electrons. The molecular weight excluding hydrogens is 292 g/mol. The van der Waals surface area contributed by atoms with Crippen molar-refractivity contribution < 1.29 is 10.0 Å². The zero-order valence-corrected chi connectivity index (χ0v) is 12.1. The summed E-state index contributed by atoms with van der Waals surface area (Å²) in [6.07, 6.45) is -0.765. The standard InChI is InChI=1S/C15H16N2O3.ClH/c18-15(11-16-10-12-5-2-1-3-6-12)13-7-4-8-14(9-13)17(19)20;/h1-9,15-16,18H,10-11H2;1H. The van der Waals surface area contributed by atoms with Crippen LogP contribution in [0.3, 0.4) is 0 Å². The molecular formula is C15H17ClN2O3. The zero-order valence-electron chi connectivity index (χ0n) is 11.3. The minimum atomic E-state index is -0.765. The van der Waals surface area contributed by atoms with E-state index in [0.717, 1.165) is 5.56 Å². The number of nitrogens with zero attached hydrogens (tertiary/aromatic N) is 1. The Labute approximate surface area is 129 Å². The number of non-ortho nitro benzene ring substituents is 1. The number of benzene rings is 2. The Balaban J connectivity index is 0.00000220. The van der Waals surface area contributed by atoms with Crippen molar-refractivity contribution in [1.29, 1.82) is 0 Å². The van der Waals surface area contributed by atoms with Gasteiger partial charge in [-0.1, -0.05) is 42.5 Å². The van der Waals surface area contributed by atoms with Crippen LogP contribution in [0.4, 0.5) is 5.69 Å². The van der Waals surface area contributed by atoms with E-state index in [0.29, 0.717) is 18.7 Å². The van der Waals surface area contributed by atoms with Gasteiger partial charge in [0.05, 0.1) is 11.0 Å². The Morgan fingerprint density at radius 1 is 1.14 bits per heavy atom. The molecule has 0 bridgehead atoms. The minimum absolute atomic E-state index is 0. The minimum Gasteiger partial charge on any atom is -0.387 e. The lowest BCUT2D eigenvalue weighted by molar-refractivity contribution is -0.385. The fourth-order valence-corrected chi connectivity index (χ4v) is 1.91. The summed E-state index contributed by atoms with van der Waals surface area (Å²) in [4.78, 5) is 10.2. The maximum atomic E-state index is 10.7. The molecule has 2 aromatic carbocycles. The summed E-state index contributed by atoms with van der Waals surface area (Å²) in [5.41, 5.74) is 1.66. The number of aliphatic hydroxyl groups is 1. The van der Waals surface area contributed by atoms with Crippen molar-refractivity contribution in [3.63, 3.8) is 0 Å². The second-order valence-corrected chi connectivity index (χ2v) is 4.48. The van der Waals surface area contributed by atoms with Crippen LogP contribution < -0.4 is 5.32 Å². The number of nitro benzene ring substituents is 1. The highest BCUT2D eigenvalue weighted by Gasteiger charge is 2.11. The fourth-order valence-electron chi connectivity index (χ4n) is 1.91. The molecule has 1 atom stereocenters. The molecule has 0 aliphatic heterocycles. The molecule has 0 saturated heterocycles. The van der Waals surface area contributed by atoms with Crippen LogP contribution in [0.15, 0.2) is 54.6 Å². The molecule has 21 heavy (non-hydrogen) atoms. The Hall–Kier alpha value is -1.95.